The Hall–Kier alpha value is 0.0500. The Morgan fingerprint density at radius 3 is 2.41 bits per heavy atom. The summed E-state index contributed by atoms with van der Waals surface area (Å²) >= 11 is 12.2. The average molecular weight is 295 g/mol. The summed E-state index contributed by atoms with van der Waals surface area (Å²) in [5, 5.41) is 1.45. The van der Waals surface area contributed by atoms with E-state index in [1.54, 1.807) is 6.07 Å². The van der Waals surface area contributed by atoms with Crippen molar-refractivity contribution in [2.75, 3.05) is 0 Å². The van der Waals surface area contributed by atoms with Crippen LogP contribution in [-0.2, 0) is 0 Å². The molecule has 0 unspecified atom stereocenters. The molecule has 4 heteroatoms. The number of hydrogen-bond acceptors (Lipinski definition) is 1. The maximum absolute atomic E-state index is 6.30. The number of nitrogens with two attached hydrogens (primary N) is 1. The average Bonchev–Trinajstić information content (AvgIpc) is 2.32. The van der Waals surface area contributed by atoms with Crippen molar-refractivity contribution in [2.45, 2.75) is 38.1 Å². The molecule has 1 fully saturated rings. The van der Waals surface area contributed by atoms with Crippen LogP contribution < -0.4 is 5.73 Å². The van der Waals surface area contributed by atoms with Crippen molar-refractivity contribution in [3.05, 3.63) is 33.8 Å². The Bertz CT molecular complexity index is 362. The number of benzene rings is 1. The molecule has 1 aromatic carbocycles. The zero-order chi connectivity index (χ0) is 11.5. The van der Waals surface area contributed by atoms with Crippen molar-refractivity contribution >= 4 is 35.6 Å². The van der Waals surface area contributed by atoms with E-state index in [1.807, 2.05) is 12.1 Å². The van der Waals surface area contributed by atoms with Crippen LogP contribution >= 0.6 is 35.6 Å². The van der Waals surface area contributed by atoms with Crippen molar-refractivity contribution in [2.24, 2.45) is 11.7 Å². The zero-order valence-electron chi connectivity index (χ0n) is 9.66. The van der Waals surface area contributed by atoms with E-state index in [4.69, 9.17) is 28.9 Å². The minimum absolute atomic E-state index is 0. The van der Waals surface area contributed by atoms with Crippen LogP contribution in [0.5, 0.6) is 0 Å². The van der Waals surface area contributed by atoms with E-state index >= 15 is 0 Å². The molecule has 0 radical (unpaired) electrons. The van der Waals surface area contributed by atoms with Crippen molar-refractivity contribution in [3.63, 3.8) is 0 Å². The molecular formula is C13H18Cl3N. The van der Waals surface area contributed by atoms with E-state index in [1.165, 1.54) is 32.1 Å². The summed E-state index contributed by atoms with van der Waals surface area (Å²) in [5.41, 5.74) is 7.30. The summed E-state index contributed by atoms with van der Waals surface area (Å²) in [7, 11) is 0. The van der Waals surface area contributed by atoms with Gasteiger partial charge < -0.3 is 5.73 Å². The molecule has 0 bridgehead atoms. The highest BCUT2D eigenvalue weighted by Crippen LogP contribution is 2.36. The van der Waals surface area contributed by atoms with Gasteiger partial charge in [0, 0.05) is 16.1 Å². The molecule has 1 atom stereocenters. The maximum atomic E-state index is 6.30. The van der Waals surface area contributed by atoms with Gasteiger partial charge in [0.15, 0.2) is 0 Å². The molecule has 1 aliphatic rings. The monoisotopic (exact) mass is 293 g/mol. The van der Waals surface area contributed by atoms with Crippen LogP contribution in [0.4, 0.5) is 0 Å². The topological polar surface area (TPSA) is 26.0 Å². The molecule has 2 rings (SSSR count). The van der Waals surface area contributed by atoms with E-state index in [9.17, 15) is 0 Å². The molecule has 1 saturated carbocycles. The summed E-state index contributed by atoms with van der Waals surface area (Å²) < 4.78 is 0. The van der Waals surface area contributed by atoms with Gasteiger partial charge in [-0.05, 0) is 42.5 Å². The van der Waals surface area contributed by atoms with Crippen LogP contribution in [0.15, 0.2) is 18.2 Å². The standard InChI is InChI=1S/C13H17Cl2N.ClH/c14-10-6-7-12(15)11(8-10)13(16)9-4-2-1-3-5-9;/h6-9,13H,1-5,16H2;1H/t13-;/m1./s1. The lowest BCUT2D eigenvalue weighted by Gasteiger charge is -2.28. The van der Waals surface area contributed by atoms with Crippen LogP contribution in [0.2, 0.25) is 10.0 Å². The number of rotatable bonds is 2. The normalized spacial score (nSPS) is 18.5. The second kappa shape index (κ2) is 6.84. The lowest BCUT2D eigenvalue weighted by Crippen LogP contribution is -2.23. The predicted molar refractivity (Wildman–Crippen MR) is 77.2 cm³/mol. The van der Waals surface area contributed by atoms with Gasteiger partial charge in [-0.2, -0.15) is 0 Å². The Kier molecular flexibility index (Phi) is 6.08. The molecule has 0 heterocycles. The Morgan fingerprint density at radius 2 is 1.76 bits per heavy atom. The van der Waals surface area contributed by atoms with Gasteiger partial charge in [0.1, 0.15) is 0 Å². The fraction of sp³-hybridized carbons (Fsp3) is 0.538. The molecule has 2 N–H and O–H groups in total. The summed E-state index contributed by atoms with van der Waals surface area (Å²) in [6, 6.07) is 5.58. The van der Waals surface area contributed by atoms with Crippen LogP contribution in [0, 0.1) is 5.92 Å². The number of hydrogen-bond donors (Lipinski definition) is 1. The lowest BCUT2D eigenvalue weighted by molar-refractivity contribution is 0.308. The highest BCUT2D eigenvalue weighted by molar-refractivity contribution is 6.33. The SMILES string of the molecule is Cl.N[C@@H](c1cc(Cl)ccc1Cl)C1CCCCC1. The maximum Gasteiger partial charge on any atom is 0.0454 e. The van der Waals surface area contributed by atoms with Crippen LogP contribution in [0.3, 0.4) is 0 Å². The molecule has 0 saturated heterocycles. The van der Waals surface area contributed by atoms with Gasteiger partial charge in [0.2, 0.25) is 0 Å². The Balaban J connectivity index is 0.00000144. The number of halogens is 3. The predicted octanol–water partition coefficient (Wildman–Crippen LogP) is 5.00. The first-order valence-corrected chi connectivity index (χ1v) is 6.64. The van der Waals surface area contributed by atoms with Gasteiger partial charge in [-0.25, -0.2) is 0 Å². The van der Waals surface area contributed by atoms with Crippen LogP contribution in [-0.4, -0.2) is 0 Å². The Labute approximate surface area is 119 Å². The molecule has 1 aromatic rings. The van der Waals surface area contributed by atoms with E-state index < -0.39 is 0 Å². The van der Waals surface area contributed by atoms with Gasteiger partial charge >= 0.3 is 0 Å². The van der Waals surface area contributed by atoms with E-state index in [2.05, 4.69) is 0 Å². The molecule has 0 amide bonds. The summed E-state index contributed by atoms with van der Waals surface area (Å²) in [6.45, 7) is 0. The molecule has 0 aromatic heterocycles. The zero-order valence-corrected chi connectivity index (χ0v) is 12.0. The Morgan fingerprint density at radius 1 is 1.12 bits per heavy atom. The van der Waals surface area contributed by atoms with Gasteiger partial charge in [-0.1, -0.05) is 42.5 Å². The molecule has 17 heavy (non-hydrogen) atoms. The first kappa shape index (κ1) is 15.1. The molecule has 0 spiro atoms. The third-order valence-corrected chi connectivity index (χ3v) is 4.05. The highest BCUT2D eigenvalue weighted by atomic mass is 35.5. The van der Waals surface area contributed by atoms with Crippen molar-refractivity contribution in [1.82, 2.24) is 0 Å². The second-order valence-electron chi connectivity index (χ2n) is 4.59. The first-order chi connectivity index (χ1) is 7.68. The molecule has 1 aliphatic carbocycles. The molecule has 1 nitrogen and oxygen atoms in total. The molecule has 0 aliphatic heterocycles. The minimum Gasteiger partial charge on any atom is -0.324 e. The van der Waals surface area contributed by atoms with Crippen LogP contribution in [0.1, 0.15) is 43.7 Å². The largest absolute Gasteiger partial charge is 0.324 e. The highest BCUT2D eigenvalue weighted by Gasteiger charge is 2.23. The third-order valence-electron chi connectivity index (χ3n) is 3.47. The van der Waals surface area contributed by atoms with Crippen molar-refractivity contribution in [3.8, 4) is 0 Å². The first-order valence-electron chi connectivity index (χ1n) is 5.89. The van der Waals surface area contributed by atoms with Crippen molar-refractivity contribution in [1.29, 1.82) is 0 Å². The third kappa shape index (κ3) is 3.75. The van der Waals surface area contributed by atoms with Gasteiger partial charge in [-0.15, -0.1) is 12.4 Å². The minimum atomic E-state index is 0. The summed E-state index contributed by atoms with van der Waals surface area (Å²) in [6.07, 6.45) is 6.34. The summed E-state index contributed by atoms with van der Waals surface area (Å²) in [5.74, 6) is 0.560. The fourth-order valence-corrected chi connectivity index (χ4v) is 2.94. The van der Waals surface area contributed by atoms with Crippen LogP contribution in [0.25, 0.3) is 0 Å². The quantitative estimate of drug-likeness (QED) is 0.816. The lowest BCUT2D eigenvalue weighted by atomic mass is 9.81. The summed E-state index contributed by atoms with van der Waals surface area (Å²) in [4.78, 5) is 0. The van der Waals surface area contributed by atoms with Gasteiger partial charge in [0.25, 0.3) is 0 Å². The van der Waals surface area contributed by atoms with Gasteiger partial charge in [-0.3, -0.25) is 0 Å². The van der Waals surface area contributed by atoms with Crippen molar-refractivity contribution < 1.29 is 0 Å². The smallest absolute Gasteiger partial charge is 0.0454 e. The van der Waals surface area contributed by atoms with Gasteiger partial charge in [0.05, 0.1) is 0 Å². The second-order valence-corrected chi connectivity index (χ2v) is 5.43. The van der Waals surface area contributed by atoms with E-state index in [0.717, 1.165) is 10.6 Å². The van der Waals surface area contributed by atoms with E-state index in [-0.39, 0.29) is 18.4 Å². The fourth-order valence-electron chi connectivity index (χ4n) is 2.52. The van der Waals surface area contributed by atoms with E-state index in [0.29, 0.717) is 10.9 Å². The molecular weight excluding hydrogens is 277 g/mol. The molecule has 96 valence electrons.